The van der Waals surface area contributed by atoms with Crippen molar-refractivity contribution in [2.24, 2.45) is 0 Å². The van der Waals surface area contributed by atoms with Crippen molar-refractivity contribution in [3.8, 4) is 46.1 Å². The first-order valence-corrected chi connectivity index (χ1v) is 12.1. The highest BCUT2D eigenvalue weighted by Gasteiger charge is 2.17. The fourth-order valence-corrected chi connectivity index (χ4v) is 5.13. The minimum atomic E-state index is 0.445. The average molecular weight is 486 g/mol. The van der Waals surface area contributed by atoms with Crippen LogP contribution in [0.4, 0.5) is 0 Å². The molecule has 0 N–H and O–H groups in total. The van der Waals surface area contributed by atoms with Gasteiger partial charge in [-0.05, 0) is 89.3 Å². The second kappa shape index (κ2) is 9.07. The van der Waals surface area contributed by atoms with E-state index in [0.29, 0.717) is 16.7 Å². The van der Waals surface area contributed by atoms with E-state index in [9.17, 15) is 15.8 Å². The Morgan fingerprint density at radius 1 is 0.632 bits per heavy atom. The Morgan fingerprint density at radius 3 is 2.05 bits per heavy atom. The zero-order valence-electron chi connectivity index (χ0n) is 20.5. The molecule has 2 heterocycles. The van der Waals surface area contributed by atoms with Gasteiger partial charge in [0.25, 0.3) is 0 Å². The maximum Gasteiger partial charge on any atom is 0.0998 e. The van der Waals surface area contributed by atoms with Crippen LogP contribution in [-0.4, -0.2) is 9.55 Å². The van der Waals surface area contributed by atoms with Crippen LogP contribution in [0.5, 0.6) is 0 Å². The Hall–Kier alpha value is -5.70. The molecule has 0 aliphatic carbocycles. The van der Waals surface area contributed by atoms with E-state index in [4.69, 9.17) is 0 Å². The molecule has 6 aromatic rings. The quantitative estimate of drug-likeness (QED) is 0.261. The summed E-state index contributed by atoms with van der Waals surface area (Å²) in [7, 11) is 0. The van der Waals surface area contributed by atoms with E-state index in [2.05, 4.69) is 65.0 Å². The van der Waals surface area contributed by atoms with Gasteiger partial charge in [0.1, 0.15) is 0 Å². The number of hydrogen-bond acceptors (Lipinski definition) is 4. The normalized spacial score (nSPS) is 10.7. The molecule has 0 saturated carbocycles. The molecule has 0 spiro atoms. The fraction of sp³-hybridized carbons (Fsp3) is 0.0303. The van der Waals surface area contributed by atoms with Crippen LogP contribution in [-0.2, 0) is 0 Å². The average Bonchev–Trinajstić information content (AvgIpc) is 3.30. The predicted molar refractivity (Wildman–Crippen MR) is 148 cm³/mol. The highest BCUT2D eigenvalue weighted by Crippen LogP contribution is 2.37. The molecule has 38 heavy (non-hydrogen) atoms. The van der Waals surface area contributed by atoms with E-state index in [0.717, 1.165) is 55.3 Å². The lowest BCUT2D eigenvalue weighted by atomic mass is 9.97. The van der Waals surface area contributed by atoms with Crippen molar-refractivity contribution in [1.29, 1.82) is 15.8 Å². The van der Waals surface area contributed by atoms with Crippen LogP contribution in [0, 0.1) is 40.9 Å². The Bertz CT molecular complexity index is 1980. The van der Waals surface area contributed by atoms with E-state index in [1.165, 1.54) is 0 Å². The van der Waals surface area contributed by atoms with Gasteiger partial charge in [0, 0.05) is 23.2 Å². The summed E-state index contributed by atoms with van der Waals surface area (Å²) in [6.45, 7) is 2.06. The van der Waals surface area contributed by atoms with Gasteiger partial charge in [0.2, 0.25) is 0 Å². The van der Waals surface area contributed by atoms with Gasteiger partial charge in [-0.3, -0.25) is 4.98 Å². The molecular weight excluding hydrogens is 466 g/mol. The van der Waals surface area contributed by atoms with Crippen molar-refractivity contribution >= 4 is 21.8 Å². The Morgan fingerprint density at radius 2 is 1.34 bits per heavy atom. The molecule has 4 aromatic carbocycles. The van der Waals surface area contributed by atoms with E-state index >= 15 is 0 Å². The summed E-state index contributed by atoms with van der Waals surface area (Å²) in [5, 5.41) is 31.2. The van der Waals surface area contributed by atoms with Crippen LogP contribution in [0.3, 0.4) is 0 Å². The number of pyridine rings is 1. The number of para-hydroxylation sites is 1. The topological polar surface area (TPSA) is 89.2 Å². The summed E-state index contributed by atoms with van der Waals surface area (Å²) in [4.78, 5) is 4.11. The van der Waals surface area contributed by atoms with Crippen molar-refractivity contribution in [1.82, 2.24) is 9.55 Å². The highest BCUT2D eigenvalue weighted by molar-refractivity contribution is 6.10. The number of nitrogens with zero attached hydrogens (tertiary/aromatic N) is 5. The second-order valence-corrected chi connectivity index (χ2v) is 9.14. The van der Waals surface area contributed by atoms with Crippen molar-refractivity contribution < 1.29 is 0 Å². The van der Waals surface area contributed by atoms with Crippen LogP contribution in [0.25, 0.3) is 49.7 Å². The fourth-order valence-electron chi connectivity index (χ4n) is 5.13. The summed E-state index contributed by atoms with van der Waals surface area (Å²) in [5.74, 6) is 0. The van der Waals surface area contributed by atoms with Crippen molar-refractivity contribution in [2.75, 3.05) is 0 Å². The monoisotopic (exact) mass is 485 g/mol. The number of rotatable bonds is 3. The third-order valence-corrected chi connectivity index (χ3v) is 6.89. The number of nitriles is 3. The van der Waals surface area contributed by atoms with Gasteiger partial charge in [-0.2, -0.15) is 15.8 Å². The van der Waals surface area contributed by atoms with Gasteiger partial charge in [0.05, 0.1) is 51.6 Å². The molecule has 6 rings (SSSR count). The smallest absolute Gasteiger partial charge is 0.0998 e. The second-order valence-electron chi connectivity index (χ2n) is 9.14. The molecule has 5 nitrogen and oxygen atoms in total. The molecule has 5 heteroatoms. The van der Waals surface area contributed by atoms with Gasteiger partial charge < -0.3 is 4.57 Å². The van der Waals surface area contributed by atoms with E-state index in [-0.39, 0.29) is 0 Å². The minimum absolute atomic E-state index is 0.445. The lowest BCUT2D eigenvalue weighted by Gasteiger charge is -2.15. The zero-order chi connectivity index (χ0) is 26.2. The highest BCUT2D eigenvalue weighted by atomic mass is 15.0. The van der Waals surface area contributed by atoms with Crippen molar-refractivity contribution in [2.45, 2.75) is 6.92 Å². The van der Waals surface area contributed by atoms with E-state index in [1.54, 1.807) is 30.6 Å². The number of aromatic nitrogens is 2. The van der Waals surface area contributed by atoms with Gasteiger partial charge in [-0.15, -0.1) is 0 Å². The third-order valence-electron chi connectivity index (χ3n) is 6.89. The number of fused-ring (bicyclic) bond motifs is 3. The molecule has 0 saturated heterocycles. The first kappa shape index (κ1) is 22.7. The molecule has 0 bridgehead atoms. The lowest BCUT2D eigenvalue weighted by Crippen LogP contribution is -2.00. The molecular formula is C33H19N5. The number of benzene rings is 4. The molecule has 0 atom stereocenters. The van der Waals surface area contributed by atoms with E-state index in [1.807, 2.05) is 36.4 Å². The molecule has 0 fully saturated rings. The SMILES string of the molecule is Cc1cc(-c2ccncc2)c(C#N)cc1-n1c2ccccc2c2ccc(-c3cc(C#N)cc(C#N)c3)cc21. The standard InChI is InChI=1S/C33H19N5/c1-21-12-30(24-8-10-37-11-9-24)27(20-36)17-32(21)38-31-5-3-2-4-28(31)29-7-6-25(16-33(29)38)26-14-22(18-34)13-23(15-26)19-35/h2-17H,1H3. The molecule has 2 aromatic heterocycles. The van der Waals surface area contributed by atoms with Crippen LogP contribution in [0.1, 0.15) is 22.3 Å². The molecule has 176 valence electrons. The lowest BCUT2D eigenvalue weighted by molar-refractivity contribution is 1.15. The molecule has 0 aliphatic heterocycles. The zero-order valence-corrected chi connectivity index (χ0v) is 20.5. The number of hydrogen-bond donors (Lipinski definition) is 0. The van der Waals surface area contributed by atoms with Crippen molar-refractivity contribution in [3.63, 3.8) is 0 Å². The van der Waals surface area contributed by atoms with Gasteiger partial charge >= 0.3 is 0 Å². The number of aryl methyl sites for hydroxylation is 1. The molecule has 0 unspecified atom stereocenters. The van der Waals surface area contributed by atoms with Gasteiger partial charge in [-0.1, -0.05) is 30.3 Å². The maximum atomic E-state index is 10.1. The molecule has 0 radical (unpaired) electrons. The first-order valence-electron chi connectivity index (χ1n) is 12.1. The van der Waals surface area contributed by atoms with Crippen molar-refractivity contribution in [3.05, 3.63) is 120 Å². The van der Waals surface area contributed by atoms with E-state index < -0.39 is 0 Å². The van der Waals surface area contributed by atoms with Gasteiger partial charge in [0.15, 0.2) is 0 Å². The third kappa shape index (κ3) is 3.66. The van der Waals surface area contributed by atoms with Crippen LogP contribution in [0.2, 0.25) is 0 Å². The summed E-state index contributed by atoms with van der Waals surface area (Å²) < 4.78 is 2.19. The van der Waals surface area contributed by atoms with Crippen LogP contribution < -0.4 is 0 Å². The van der Waals surface area contributed by atoms with Gasteiger partial charge in [-0.25, -0.2) is 0 Å². The predicted octanol–water partition coefficient (Wildman–Crippen LogP) is 7.44. The minimum Gasteiger partial charge on any atom is -0.309 e. The summed E-state index contributed by atoms with van der Waals surface area (Å²) >= 11 is 0. The molecule has 0 aliphatic rings. The van der Waals surface area contributed by atoms with Crippen LogP contribution >= 0.6 is 0 Å². The Kier molecular flexibility index (Phi) is 5.43. The first-order chi connectivity index (χ1) is 18.6. The maximum absolute atomic E-state index is 10.1. The largest absolute Gasteiger partial charge is 0.309 e. The Balaban J connectivity index is 1.64. The Labute approximate surface area is 219 Å². The summed E-state index contributed by atoms with van der Waals surface area (Å²) in [6, 6.07) is 34.2. The van der Waals surface area contributed by atoms with Crippen LogP contribution in [0.15, 0.2) is 97.3 Å². The summed E-state index contributed by atoms with van der Waals surface area (Å²) in [6.07, 6.45) is 3.46. The molecule has 0 amide bonds. The summed E-state index contributed by atoms with van der Waals surface area (Å²) in [5.41, 5.74) is 8.97.